The molecule has 0 spiro atoms. The molecule has 8 heteroatoms. The molecular weight excluding hydrogens is 295 g/mol. The van der Waals surface area contributed by atoms with Crippen molar-refractivity contribution in [3.8, 4) is 0 Å². The van der Waals surface area contributed by atoms with E-state index in [9.17, 15) is 18.3 Å². The predicted octanol–water partition coefficient (Wildman–Crippen LogP) is 2.23. The fraction of sp³-hybridized carbons (Fsp3) is 0.583. The van der Waals surface area contributed by atoms with Crippen LogP contribution >= 0.6 is 11.6 Å². The van der Waals surface area contributed by atoms with E-state index in [2.05, 4.69) is 10.3 Å². The molecule has 20 heavy (non-hydrogen) atoms. The monoisotopic (exact) mass is 309 g/mol. The molecule has 1 aromatic heterocycles. The molecule has 0 bridgehead atoms. The molecule has 1 atom stereocenters. The molecule has 2 rings (SSSR count). The van der Waals surface area contributed by atoms with Crippen molar-refractivity contribution in [2.75, 3.05) is 32.0 Å². The average molecular weight is 310 g/mol. The first kappa shape index (κ1) is 15.3. The largest absolute Gasteiger partial charge is 0.419 e. The van der Waals surface area contributed by atoms with E-state index in [4.69, 9.17) is 11.6 Å². The highest BCUT2D eigenvalue weighted by Gasteiger charge is 2.35. The topological polar surface area (TPSA) is 48.4 Å². The van der Waals surface area contributed by atoms with E-state index >= 15 is 0 Å². The van der Waals surface area contributed by atoms with Gasteiger partial charge in [0, 0.05) is 19.6 Å². The number of hydrogen-bond acceptors (Lipinski definition) is 4. The fourth-order valence-corrected chi connectivity index (χ4v) is 2.46. The Labute approximate surface area is 119 Å². The second-order valence-electron chi connectivity index (χ2n) is 5.10. The summed E-state index contributed by atoms with van der Waals surface area (Å²) in [5.41, 5.74) is -1.87. The van der Waals surface area contributed by atoms with Crippen LogP contribution in [0.3, 0.4) is 0 Å². The van der Waals surface area contributed by atoms with Crippen LogP contribution in [-0.2, 0) is 6.18 Å². The molecular formula is C12H15ClF3N3O. The van der Waals surface area contributed by atoms with Gasteiger partial charge in [-0.15, -0.1) is 0 Å². The van der Waals surface area contributed by atoms with Gasteiger partial charge in [-0.3, -0.25) is 0 Å². The minimum atomic E-state index is -4.52. The van der Waals surface area contributed by atoms with Gasteiger partial charge >= 0.3 is 6.18 Å². The number of β-amino-alcohol motifs (C(OH)–C–C–N with tert-alkyl or cyclic N) is 1. The van der Waals surface area contributed by atoms with E-state index in [0.717, 1.165) is 12.6 Å². The summed E-state index contributed by atoms with van der Waals surface area (Å²) >= 11 is 5.53. The van der Waals surface area contributed by atoms with Crippen molar-refractivity contribution >= 4 is 17.4 Å². The Balaban J connectivity index is 2.03. The summed E-state index contributed by atoms with van der Waals surface area (Å²) in [6.45, 7) is 1.50. The van der Waals surface area contributed by atoms with Gasteiger partial charge in [0.2, 0.25) is 0 Å². The zero-order valence-corrected chi connectivity index (χ0v) is 11.6. The summed E-state index contributed by atoms with van der Waals surface area (Å²) in [7, 11) is 1.89. The quantitative estimate of drug-likeness (QED) is 0.841. The Morgan fingerprint density at radius 1 is 1.50 bits per heavy atom. The zero-order valence-electron chi connectivity index (χ0n) is 10.8. The fourth-order valence-electron chi connectivity index (χ4n) is 2.20. The third kappa shape index (κ3) is 3.53. The lowest BCUT2D eigenvalue weighted by Gasteiger charge is -2.23. The zero-order chi connectivity index (χ0) is 15.0. The lowest BCUT2D eigenvalue weighted by molar-refractivity contribution is -0.137. The van der Waals surface area contributed by atoms with Gasteiger partial charge in [0.25, 0.3) is 0 Å². The summed E-state index contributed by atoms with van der Waals surface area (Å²) in [6, 6.07) is 2.08. The number of aliphatic hydroxyl groups is 1. The molecule has 0 radical (unpaired) electrons. The first-order valence-electron chi connectivity index (χ1n) is 6.08. The summed E-state index contributed by atoms with van der Waals surface area (Å²) < 4.78 is 37.6. The molecule has 2 N–H and O–H groups in total. The minimum Gasteiger partial charge on any atom is -0.387 e. The number of likely N-dealkylation sites (N-methyl/N-ethyl adjacent to an activating group) is 1. The van der Waals surface area contributed by atoms with Crippen LogP contribution in [-0.4, -0.2) is 47.3 Å². The van der Waals surface area contributed by atoms with Crippen LogP contribution in [0.5, 0.6) is 0 Å². The Hall–Kier alpha value is -1.05. The smallest absolute Gasteiger partial charge is 0.387 e. The Kier molecular flexibility index (Phi) is 4.13. The molecule has 0 aliphatic carbocycles. The molecule has 0 aromatic carbocycles. The van der Waals surface area contributed by atoms with Crippen molar-refractivity contribution in [3.63, 3.8) is 0 Å². The van der Waals surface area contributed by atoms with Gasteiger partial charge in [-0.2, -0.15) is 13.2 Å². The van der Waals surface area contributed by atoms with Crippen LogP contribution in [0, 0.1) is 0 Å². The highest BCUT2D eigenvalue weighted by atomic mass is 35.5. The van der Waals surface area contributed by atoms with Crippen LogP contribution in [0.2, 0.25) is 5.15 Å². The number of alkyl halides is 3. The van der Waals surface area contributed by atoms with Crippen molar-refractivity contribution in [3.05, 3.63) is 22.8 Å². The number of anilines is 1. The number of nitrogens with zero attached hydrogens (tertiary/aromatic N) is 2. The van der Waals surface area contributed by atoms with E-state index in [1.807, 2.05) is 11.9 Å². The van der Waals surface area contributed by atoms with Crippen LogP contribution in [0.4, 0.5) is 19.0 Å². The third-order valence-corrected chi connectivity index (χ3v) is 3.56. The average Bonchev–Trinajstić information content (AvgIpc) is 2.66. The van der Waals surface area contributed by atoms with E-state index < -0.39 is 22.5 Å². The maximum absolute atomic E-state index is 12.5. The molecule has 1 unspecified atom stereocenters. The SMILES string of the molecule is CN1CCC(O)(CNc2ccc(C(F)(F)F)c(Cl)n2)C1. The summed E-state index contributed by atoms with van der Waals surface area (Å²) in [4.78, 5) is 5.64. The molecule has 4 nitrogen and oxygen atoms in total. The van der Waals surface area contributed by atoms with E-state index in [1.165, 1.54) is 6.07 Å². The highest BCUT2D eigenvalue weighted by Crippen LogP contribution is 2.34. The molecule has 1 saturated heterocycles. The van der Waals surface area contributed by atoms with Gasteiger partial charge in [-0.05, 0) is 25.6 Å². The minimum absolute atomic E-state index is 0.214. The Bertz CT molecular complexity index is 497. The van der Waals surface area contributed by atoms with Crippen LogP contribution in [0.15, 0.2) is 12.1 Å². The van der Waals surface area contributed by atoms with Crippen molar-refractivity contribution in [1.82, 2.24) is 9.88 Å². The molecule has 0 amide bonds. The number of likely N-dealkylation sites (tertiary alicyclic amines) is 1. The lowest BCUT2D eigenvalue weighted by Crippen LogP contribution is -2.39. The van der Waals surface area contributed by atoms with Gasteiger partial charge < -0.3 is 15.3 Å². The molecule has 1 aromatic rings. The number of hydrogen-bond donors (Lipinski definition) is 2. The van der Waals surface area contributed by atoms with Crippen molar-refractivity contribution in [2.45, 2.75) is 18.2 Å². The standard InChI is InChI=1S/C12H15ClF3N3O/c1-19-5-4-11(20,7-19)6-17-9-3-2-8(10(13)18-9)12(14,15)16/h2-3,20H,4-7H2,1H3,(H,17,18). The van der Waals surface area contributed by atoms with E-state index in [1.54, 1.807) is 0 Å². The van der Waals surface area contributed by atoms with Crippen molar-refractivity contribution in [2.24, 2.45) is 0 Å². The van der Waals surface area contributed by atoms with Gasteiger partial charge in [-0.25, -0.2) is 4.98 Å². The molecule has 1 aliphatic heterocycles. The third-order valence-electron chi connectivity index (χ3n) is 3.28. The number of pyridine rings is 1. The highest BCUT2D eigenvalue weighted by molar-refractivity contribution is 6.30. The Morgan fingerprint density at radius 3 is 2.70 bits per heavy atom. The first-order chi connectivity index (χ1) is 9.20. The number of rotatable bonds is 3. The second-order valence-corrected chi connectivity index (χ2v) is 5.46. The Morgan fingerprint density at radius 2 is 2.20 bits per heavy atom. The van der Waals surface area contributed by atoms with E-state index in [0.29, 0.717) is 13.0 Å². The van der Waals surface area contributed by atoms with Crippen LogP contribution < -0.4 is 5.32 Å². The van der Waals surface area contributed by atoms with Crippen molar-refractivity contribution in [1.29, 1.82) is 0 Å². The van der Waals surface area contributed by atoms with Crippen molar-refractivity contribution < 1.29 is 18.3 Å². The normalized spacial score (nSPS) is 24.1. The first-order valence-corrected chi connectivity index (χ1v) is 6.46. The maximum atomic E-state index is 12.5. The van der Waals surface area contributed by atoms with Crippen LogP contribution in [0.25, 0.3) is 0 Å². The summed E-state index contributed by atoms with van der Waals surface area (Å²) in [5, 5.41) is 12.5. The molecule has 1 aliphatic rings. The van der Waals surface area contributed by atoms with Gasteiger partial charge in [0.15, 0.2) is 0 Å². The molecule has 112 valence electrons. The number of nitrogens with one attached hydrogen (secondary N) is 1. The lowest BCUT2D eigenvalue weighted by atomic mass is 10.0. The second kappa shape index (κ2) is 5.38. The van der Waals surface area contributed by atoms with Gasteiger partial charge in [0.05, 0.1) is 11.2 Å². The molecule has 0 saturated carbocycles. The predicted molar refractivity (Wildman–Crippen MR) is 69.8 cm³/mol. The molecule has 2 heterocycles. The summed E-state index contributed by atoms with van der Waals surface area (Å²) in [6.07, 6.45) is -3.92. The van der Waals surface area contributed by atoms with Gasteiger partial charge in [-0.1, -0.05) is 11.6 Å². The molecule has 1 fully saturated rings. The van der Waals surface area contributed by atoms with E-state index in [-0.39, 0.29) is 12.4 Å². The maximum Gasteiger partial charge on any atom is 0.419 e. The van der Waals surface area contributed by atoms with Gasteiger partial charge in [0.1, 0.15) is 11.0 Å². The number of aromatic nitrogens is 1. The number of halogens is 4. The van der Waals surface area contributed by atoms with Crippen LogP contribution in [0.1, 0.15) is 12.0 Å². The summed E-state index contributed by atoms with van der Waals surface area (Å²) in [5.74, 6) is 0.214.